The number of amidine groups is 1. The first kappa shape index (κ1) is 14.0. The summed E-state index contributed by atoms with van der Waals surface area (Å²) in [7, 11) is 0. The van der Waals surface area contributed by atoms with Crippen molar-refractivity contribution in [2.75, 3.05) is 26.2 Å². The van der Waals surface area contributed by atoms with Crippen LogP contribution in [0.5, 0.6) is 0 Å². The summed E-state index contributed by atoms with van der Waals surface area (Å²) in [5.41, 5.74) is 0.691. The highest BCUT2D eigenvalue weighted by molar-refractivity contribution is 6.04. The van der Waals surface area contributed by atoms with Crippen LogP contribution in [-0.2, 0) is 4.79 Å². The van der Waals surface area contributed by atoms with Gasteiger partial charge < -0.3 is 20.0 Å². The van der Waals surface area contributed by atoms with E-state index >= 15 is 0 Å². The number of piperazine rings is 1. The Hall–Kier alpha value is -2.61. The fourth-order valence-corrected chi connectivity index (χ4v) is 2.96. The number of nitrogens with zero attached hydrogens (tertiary/aromatic N) is 2. The molecule has 8 heteroatoms. The molecule has 4 rings (SSSR count). The number of aliphatic imine (C=N–C) groups is 1. The predicted molar refractivity (Wildman–Crippen MR) is 83.3 cm³/mol. The van der Waals surface area contributed by atoms with Gasteiger partial charge in [0.25, 0.3) is 5.91 Å². The van der Waals surface area contributed by atoms with E-state index in [2.05, 4.69) is 20.9 Å². The van der Waals surface area contributed by atoms with Gasteiger partial charge in [0, 0.05) is 38.7 Å². The van der Waals surface area contributed by atoms with Crippen molar-refractivity contribution in [3.63, 3.8) is 0 Å². The molecule has 1 unspecified atom stereocenters. The molecule has 2 saturated heterocycles. The lowest BCUT2D eigenvalue weighted by atomic mass is 10.2. The number of furan rings is 1. The summed E-state index contributed by atoms with van der Waals surface area (Å²) >= 11 is 0. The summed E-state index contributed by atoms with van der Waals surface area (Å²) in [6.07, 6.45) is 4.62. The van der Waals surface area contributed by atoms with E-state index in [1.807, 2.05) is 12.2 Å². The number of carbonyl (C=O) groups excluding carboxylic acids is 2. The predicted octanol–water partition coefficient (Wildman–Crippen LogP) is 0.512. The van der Waals surface area contributed by atoms with Crippen LogP contribution in [0.3, 0.4) is 0 Å². The molecule has 23 heavy (non-hydrogen) atoms. The molecule has 1 atom stereocenters. The van der Waals surface area contributed by atoms with E-state index in [0.29, 0.717) is 17.2 Å². The molecule has 0 bridgehead atoms. The van der Waals surface area contributed by atoms with E-state index in [1.54, 1.807) is 6.07 Å². The van der Waals surface area contributed by atoms with Gasteiger partial charge in [0.05, 0.1) is 0 Å². The topological polar surface area (TPSA) is 99.0 Å². The van der Waals surface area contributed by atoms with Crippen LogP contribution in [0.15, 0.2) is 21.6 Å². The third-order valence-electron chi connectivity index (χ3n) is 4.12. The van der Waals surface area contributed by atoms with Gasteiger partial charge in [-0.1, -0.05) is 6.08 Å². The van der Waals surface area contributed by atoms with Crippen molar-refractivity contribution in [2.45, 2.75) is 12.5 Å². The quantitative estimate of drug-likeness (QED) is 0.656. The second-order valence-corrected chi connectivity index (χ2v) is 5.67. The van der Waals surface area contributed by atoms with Crippen molar-refractivity contribution < 1.29 is 14.0 Å². The van der Waals surface area contributed by atoms with E-state index in [1.165, 1.54) is 0 Å². The Morgan fingerprint density at radius 3 is 2.83 bits per heavy atom. The first-order valence-corrected chi connectivity index (χ1v) is 7.65. The smallest absolute Gasteiger partial charge is 0.322 e. The standard InChI is InChI=1S/C15H17N5O3/c21-14-13(18-15(22)19-14)11-8-9-10(23-11)2-1-3-12(17-9)20-6-4-16-5-7-20/h1-2,8,13,16H,3-7H2,(H2,18,19,21,22). The van der Waals surface area contributed by atoms with Crippen LogP contribution in [0.25, 0.3) is 6.08 Å². The number of nitrogens with one attached hydrogen (secondary N) is 3. The molecule has 120 valence electrons. The third-order valence-corrected chi connectivity index (χ3v) is 4.12. The highest BCUT2D eigenvalue weighted by atomic mass is 16.3. The first-order valence-electron chi connectivity index (χ1n) is 7.65. The number of carbonyl (C=O) groups is 2. The Morgan fingerprint density at radius 1 is 1.26 bits per heavy atom. The molecular weight excluding hydrogens is 298 g/mol. The summed E-state index contributed by atoms with van der Waals surface area (Å²) in [6, 6.07) is 0.427. The minimum Gasteiger partial charge on any atom is -0.457 e. The van der Waals surface area contributed by atoms with Gasteiger partial charge in [-0.05, 0) is 6.08 Å². The fourth-order valence-electron chi connectivity index (χ4n) is 2.96. The Balaban J connectivity index is 1.63. The van der Waals surface area contributed by atoms with E-state index < -0.39 is 18.0 Å². The van der Waals surface area contributed by atoms with Crippen LogP contribution in [0, 0.1) is 0 Å². The van der Waals surface area contributed by atoms with Crippen molar-refractivity contribution in [1.82, 2.24) is 20.9 Å². The molecule has 0 aromatic carbocycles. The van der Waals surface area contributed by atoms with E-state index in [9.17, 15) is 9.59 Å². The summed E-state index contributed by atoms with van der Waals surface area (Å²) in [6.45, 7) is 3.74. The van der Waals surface area contributed by atoms with Crippen LogP contribution < -0.4 is 16.0 Å². The van der Waals surface area contributed by atoms with Crippen molar-refractivity contribution in [1.29, 1.82) is 0 Å². The van der Waals surface area contributed by atoms with Crippen LogP contribution >= 0.6 is 0 Å². The molecule has 0 saturated carbocycles. The molecule has 0 aliphatic carbocycles. The minimum absolute atomic E-state index is 0.397. The number of fused-ring (bicyclic) bond motifs is 1. The van der Waals surface area contributed by atoms with Gasteiger partial charge in [0.2, 0.25) is 0 Å². The molecule has 3 aliphatic rings. The monoisotopic (exact) mass is 315 g/mol. The lowest BCUT2D eigenvalue weighted by Gasteiger charge is -2.29. The molecule has 3 aliphatic heterocycles. The highest BCUT2D eigenvalue weighted by Crippen LogP contribution is 2.32. The Labute approximate surface area is 132 Å². The van der Waals surface area contributed by atoms with Crippen molar-refractivity contribution in [3.05, 3.63) is 23.7 Å². The zero-order valence-corrected chi connectivity index (χ0v) is 12.5. The molecule has 1 aromatic heterocycles. The van der Waals surface area contributed by atoms with Gasteiger partial charge in [-0.3, -0.25) is 10.1 Å². The molecule has 0 spiro atoms. The summed E-state index contributed by atoms with van der Waals surface area (Å²) < 4.78 is 5.72. The zero-order chi connectivity index (χ0) is 15.8. The summed E-state index contributed by atoms with van der Waals surface area (Å²) in [4.78, 5) is 30.0. The molecule has 1 aromatic rings. The van der Waals surface area contributed by atoms with Gasteiger partial charge in [0.1, 0.15) is 17.3 Å². The van der Waals surface area contributed by atoms with Crippen LogP contribution in [0.1, 0.15) is 24.0 Å². The maximum Gasteiger partial charge on any atom is 0.322 e. The summed E-state index contributed by atoms with van der Waals surface area (Å²) in [5, 5.41) is 8.06. The minimum atomic E-state index is -0.791. The van der Waals surface area contributed by atoms with Gasteiger partial charge >= 0.3 is 6.03 Å². The number of urea groups is 1. The van der Waals surface area contributed by atoms with Crippen LogP contribution in [0.2, 0.25) is 0 Å². The zero-order valence-electron chi connectivity index (χ0n) is 12.5. The molecule has 3 amide bonds. The number of hydrogen-bond donors (Lipinski definition) is 3. The second kappa shape index (κ2) is 5.54. The van der Waals surface area contributed by atoms with E-state index in [4.69, 9.17) is 9.41 Å². The number of rotatable bonds is 1. The maximum absolute atomic E-state index is 11.8. The lowest BCUT2D eigenvalue weighted by molar-refractivity contribution is -0.120. The van der Waals surface area contributed by atoms with Gasteiger partial charge in [-0.25, -0.2) is 9.79 Å². The number of amides is 3. The average molecular weight is 315 g/mol. The van der Waals surface area contributed by atoms with Crippen molar-refractivity contribution in [2.24, 2.45) is 4.99 Å². The van der Waals surface area contributed by atoms with E-state index in [-0.39, 0.29) is 0 Å². The Bertz CT molecular complexity index is 715. The molecule has 8 nitrogen and oxygen atoms in total. The fraction of sp³-hybridized carbons (Fsp3) is 0.400. The Morgan fingerprint density at radius 2 is 2.09 bits per heavy atom. The average Bonchev–Trinajstić information content (AvgIpc) is 3.04. The Kier molecular flexibility index (Phi) is 3.38. The first-order chi connectivity index (χ1) is 11.2. The van der Waals surface area contributed by atoms with E-state index in [0.717, 1.165) is 38.4 Å². The largest absolute Gasteiger partial charge is 0.457 e. The number of hydrogen-bond acceptors (Lipinski definition) is 6. The highest BCUT2D eigenvalue weighted by Gasteiger charge is 2.34. The lowest BCUT2D eigenvalue weighted by Crippen LogP contribution is -2.46. The SMILES string of the molecule is O=C1NC(=O)C(c2cc3c(o2)C=CCC(N2CCNCC2)=N3)N1. The van der Waals surface area contributed by atoms with Crippen molar-refractivity contribution >= 4 is 29.5 Å². The second-order valence-electron chi connectivity index (χ2n) is 5.67. The van der Waals surface area contributed by atoms with Gasteiger partial charge in [0.15, 0.2) is 11.8 Å². The van der Waals surface area contributed by atoms with Crippen LogP contribution in [-0.4, -0.2) is 48.9 Å². The molecule has 3 N–H and O–H groups in total. The number of imide groups is 1. The summed E-state index contributed by atoms with van der Waals surface area (Å²) in [5.74, 6) is 1.59. The maximum atomic E-state index is 11.8. The van der Waals surface area contributed by atoms with Crippen LogP contribution in [0.4, 0.5) is 10.5 Å². The molecule has 4 heterocycles. The third kappa shape index (κ3) is 2.61. The normalized spacial score (nSPS) is 23.9. The molecular formula is C15H17N5O3. The molecule has 0 radical (unpaired) electrons. The molecule has 2 fully saturated rings. The van der Waals surface area contributed by atoms with Gasteiger partial charge in [-0.15, -0.1) is 0 Å². The van der Waals surface area contributed by atoms with Gasteiger partial charge in [-0.2, -0.15) is 0 Å². The van der Waals surface area contributed by atoms with Crippen molar-refractivity contribution in [3.8, 4) is 0 Å².